The number of benzene rings is 2. The molecule has 2 aromatic carbocycles. The van der Waals surface area contributed by atoms with E-state index >= 15 is 0 Å². The molecule has 0 aliphatic carbocycles. The molecule has 0 fully saturated rings. The summed E-state index contributed by atoms with van der Waals surface area (Å²) >= 11 is 3.20. The SMILES string of the molecule is CNc1nnc(-c2cccc(Br)c2F)c2ccccc12. The second kappa shape index (κ2) is 5.17. The smallest absolute Gasteiger partial charge is 0.156 e. The highest BCUT2D eigenvalue weighted by Gasteiger charge is 2.14. The molecule has 3 aromatic rings. The lowest BCUT2D eigenvalue weighted by atomic mass is 10.0. The van der Waals surface area contributed by atoms with Crippen molar-refractivity contribution in [3.8, 4) is 11.3 Å². The molecule has 0 atom stereocenters. The number of anilines is 1. The molecule has 3 nitrogen and oxygen atoms in total. The fourth-order valence-corrected chi connectivity index (χ4v) is 2.54. The summed E-state index contributed by atoms with van der Waals surface area (Å²) < 4.78 is 14.7. The number of rotatable bonds is 2. The number of fused-ring (bicyclic) bond motifs is 1. The molecule has 100 valence electrons. The van der Waals surface area contributed by atoms with Gasteiger partial charge in [0.25, 0.3) is 0 Å². The molecule has 0 aliphatic heterocycles. The van der Waals surface area contributed by atoms with Crippen LogP contribution in [0, 0.1) is 5.82 Å². The first kappa shape index (κ1) is 13.0. The van der Waals surface area contributed by atoms with E-state index in [2.05, 4.69) is 31.4 Å². The Labute approximate surface area is 124 Å². The van der Waals surface area contributed by atoms with Crippen LogP contribution in [0.4, 0.5) is 10.2 Å². The number of nitrogens with one attached hydrogen (secondary N) is 1. The third kappa shape index (κ3) is 2.04. The van der Waals surface area contributed by atoms with Gasteiger partial charge in [-0.2, -0.15) is 0 Å². The molecule has 0 spiro atoms. The Morgan fingerprint density at radius 1 is 1.00 bits per heavy atom. The van der Waals surface area contributed by atoms with Gasteiger partial charge in [0, 0.05) is 23.4 Å². The van der Waals surface area contributed by atoms with Crippen LogP contribution in [0.15, 0.2) is 46.9 Å². The summed E-state index contributed by atoms with van der Waals surface area (Å²) in [6, 6.07) is 12.8. The first-order chi connectivity index (χ1) is 9.72. The summed E-state index contributed by atoms with van der Waals surface area (Å²) in [4.78, 5) is 0. The van der Waals surface area contributed by atoms with Crippen LogP contribution in [0.25, 0.3) is 22.0 Å². The second-order valence-corrected chi connectivity index (χ2v) is 5.15. The zero-order valence-electron chi connectivity index (χ0n) is 10.7. The standard InChI is InChI=1S/C15H11BrFN3/c1-18-15-10-6-3-2-5-9(10)14(19-20-15)11-7-4-8-12(16)13(11)17/h2-8H,1H3,(H,18,20). The zero-order valence-corrected chi connectivity index (χ0v) is 12.3. The summed E-state index contributed by atoms with van der Waals surface area (Å²) in [6.45, 7) is 0. The van der Waals surface area contributed by atoms with E-state index in [0.29, 0.717) is 21.5 Å². The van der Waals surface area contributed by atoms with Gasteiger partial charge in [-0.3, -0.25) is 0 Å². The summed E-state index contributed by atoms with van der Waals surface area (Å²) in [5, 5.41) is 13.1. The zero-order chi connectivity index (χ0) is 14.1. The quantitative estimate of drug-likeness (QED) is 0.763. The molecule has 5 heteroatoms. The van der Waals surface area contributed by atoms with Crippen molar-refractivity contribution in [2.45, 2.75) is 0 Å². The van der Waals surface area contributed by atoms with Crippen molar-refractivity contribution in [1.82, 2.24) is 10.2 Å². The maximum atomic E-state index is 14.3. The van der Waals surface area contributed by atoms with Crippen molar-refractivity contribution in [1.29, 1.82) is 0 Å². The van der Waals surface area contributed by atoms with Gasteiger partial charge < -0.3 is 5.32 Å². The van der Waals surface area contributed by atoms with Crippen LogP contribution in [0.1, 0.15) is 0 Å². The van der Waals surface area contributed by atoms with Crippen molar-refractivity contribution in [2.75, 3.05) is 12.4 Å². The van der Waals surface area contributed by atoms with Crippen molar-refractivity contribution in [2.24, 2.45) is 0 Å². The van der Waals surface area contributed by atoms with Gasteiger partial charge in [-0.05, 0) is 28.1 Å². The van der Waals surface area contributed by atoms with Crippen molar-refractivity contribution >= 4 is 32.5 Å². The van der Waals surface area contributed by atoms with Gasteiger partial charge in [0.15, 0.2) is 5.82 Å². The Morgan fingerprint density at radius 2 is 1.75 bits per heavy atom. The highest BCUT2D eigenvalue weighted by Crippen LogP contribution is 2.32. The molecule has 0 bridgehead atoms. The first-order valence-electron chi connectivity index (χ1n) is 6.10. The third-order valence-corrected chi connectivity index (χ3v) is 3.74. The summed E-state index contributed by atoms with van der Waals surface area (Å²) in [7, 11) is 1.79. The molecule has 0 unspecified atom stereocenters. The lowest BCUT2D eigenvalue weighted by Crippen LogP contribution is -1.99. The molecule has 0 amide bonds. The van der Waals surface area contributed by atoms with Crippen molar-refractivity contribution in [3.05, 3.63) is 52.8 Å². The van der Waals surface area contributed by atoms with Crippen LogP contribution < -0.4 is 5.32 Å². The Hall–Kier alpha value is -2.01. The first-order valence-corrected chi connectivity index (χ1v) is 6.89. The average molecular weight is 332 g/mol. The topological polar surface area (TPSA) is 37.8 Å². The van der Waals surface area contributed by atoms with Crippen LogP contribution in [-0.4, -0.2) is 17.2 Å². The minimum Gasteiger partial charge on any atom is -0.371 e. The lowest BCUT2D eigenvalue weighted by molar-refractivity contribution is 0.624. The van der Waals surface area contributed by atoms with Crippen LogP contribution in [-0.2, 0) is 0 Å². The van der Waals surface area contributed by atoms with E-state index in [9.17, 15) is 4.39 Å². The Balaban J connectivity index is 2.35. The molecule has 20 heavy (non-hydrogen) atoms. The van der Waals surface area contributed by atoms with E-state index in [1.807, 2.05) is 24.3 Å². The monoisotopic (exact) mass is 331 g/mol. The summed E-state index contributed by atoms with van der Waals surface area (Å²) in [5.74, 6) is 0.351. The Bertz CT molecular complexity index is 789. The third-order valence-electron chi connectivity index (χ3n) is 3.13. The van der Waals surface area contributed by atoms with Gasteiger partial charge in [0.1, 0.15) is 11.5 Å². The predicted molar refractivity (Wildman–Crippen MR) is 82.2 cm³/mol. The van der Waals surface area contributed by atoms with Gasteiger partial charge in [-0.15, -0.1) is 10.2 Å². The number of aromatic nitrogens is 2. The van der Waals surface area contributed by atoms with Crippen LogP contribution in [0.5, 0.6) is 0 Å². The van der Waals surface area contributed by atoms with E-state index in [-0.39, 0.29) is 5.82 Å². The van der Waals surface area contributed by atoms with Crippen LogP contribution >= 0.6 is 15.9 Å². The number of hydrogen-bond acceptors (Lipinski definition) is 3. The Kier molecular flexibility index (Phi) is 3.36. The van der Waals surface area contributed by atoms with E-state index < -0.39 is 0 Å². The van der Waals surface area contributed by atoms with Gasteiger partial charge in [0.05, 0.1) is 4.47 Å². The van der Waals surface area contributed by atoms with Crippen LogP contribution in [0.2, 0.25) is 0 Å². The second-order valence-electron chi connectivity index (χ2n) is 4.29. The number of hydrogen-bond donors (Lipinski definition) is 1. The minimum absolute atomic E-state index is 0.329. The van der Waals surface area contributed by atoms with E-state index in [0.717, 1.165) is 10.8 Å². The van der Waals surface area contributed by atoms with E-state index in [1.165, 1.54) is 0 Å². The van der Waals surface area contributed by atoms with E-state index in [4.69, 9.17) is 0 Å². The van der Waals surface area contributed by atoms with Gasteiger partial charge in [-0.25, -0.2) is 4.39 Å². The summed E-state index contributed by atoms with van der Waals surface area (Å²) in [6.07, 6.45) is 0. The molecule has 1 heterocycles. The van der Waals surface area contributed by atoms with Gasteiger partial charge in [0.2, 0.25) is 0 Å². The molecule has 3 rings (SSSR count). The minimum atomic E-state index is -0.329. The predicted octanol–water partition coefficient (Wildman–Crippen LogP) is 4.24. The largest absolute Gasteiger partial charge is 0.371 e. The molecule has 0 saturated heterocycles. The van der Waals surface area contributed by atoms with Gasteiger partial charge >= 0.3 is 0 Å². The summed E-state index contributed by atoms with van der Waals surface area (Å²) in [5.41, 5.74) is 0.976. The van der Waals surface area contributed by atoms with Gasteiger partial charge in [-0.1, -0.05) is 30.3 Å². The normalized spacial score (nSPS) is 10.8. The molecule has 1 N–H and O–H groups in total. The van der Waals surface area contributed by atoms with E-state index in [1.54, 1.807) is 25.2 Å². The molecule has 1 aromatic heterocycles. The fourth-order valence-electron chi connectivity index (χ4n) is 2.17. The highest BCUT2D eigenvalue weighted by molar-refractivity contribution is 9.10. The lowest BCUT2D eigenvalue weighted by Gasteiger charge is -2.10. The molecular weight excluding hydrogens is 321 g/mol. The molecule has 0 aliphatic rings. The maximum absolute atomic E-state index is 14.3. The number of halogens is 2. The van der Waals surface area contributed by atoms with Crippen molar-refractivity contribution < 1.29 is 4.39 Å². The molecular formula is C15H11BrFN3. The fraction of sp³-hybridized carbons (Fsp3) is 0.0667. The van der Waals surface area contributed by atoms with Crippen molar-refractivity contribution in [3.63, 3.8) is 0 Å². The highest BCUT2D eigenvalue weighted by atomic mass is 79.9. The molecule has 0 saturated carbocycles. The van der Waals surface area contributed by atoms with Crippen LogP contribution in [0.3, 0.4) is 0 Å². The maximum Gasteiger partial charge on any atom is 0.156 e. The average Bonchev–Trinajstić information content (AvgIpc) is 2.49. The number of nitrogens with zero attached hydrogens (tertiary/aromatic N) is 2. The molecule has 0 radical (unpaired) electrons. The Morgan fingerprint density at radius 3 is 2.50 bits per heavy atom.